The van der Waals surface area contributed by atoms with Crippen LogP contribution in [0.5, 0.6) is 0 Å². The van der Waals surface area contributed by atoms with Gasteiger partial charge in [-0.1, -0.05) is 6.92 Å². The molecule has 0 amide bonds. The second-order valence-corrected chi connectivity index (χ2v) is 3.43. The fourth-order valence-corrected chi connectivity index (χ4v) is 1.24. The molecule has 0 saturated carbocycles. The van der Waals surface area contributed by atoms with Crippen LogP contribution in [0, 0.1) is 0 Å². The van der Waals surface area contributed by atoms with Crippen molar-refractivity contribution in [3.63, 3.8) is 0 Å². The zero-order valence-electron chi connectivity index (χ0n) is 8.53. The van der Waals surface area contributed by atoms with Gasteiger partial charge in [0.1, 0.15) is 0 Å². The van der Waals surface area contributed by atoms with Crippen molar-refractivity contribution in [1.82, 2.24) is 4.90 Å². The summed E-state index contributed by atoms with van der Waals surface area (Å²) in [6, 6.07) is 0.341. The number of aliphatic hydroxyl groups is 1. The van der Waals surface area contributed by atoms with E-state index in [1.807, 2.05) is 25.7 Å². The van der Waals surface area contributed by atoms with Crippen molar-refractivity contribution in [2.75, 3.05) is 13.1 Å². The van der Waals surface area contributed by atoms with E-state index in [4.69, 9.17) is 5.11 Å². The lowest BCUT2D eigenvalue weighted by molar-refractivity contribution is -0.139. The topological polar surface area (TPSA) is 60.8 Å². The summed E-state index contributed by atoms with van der Waals surface area (Å²) in [4.78, 5) is 12.3. The molecular formula is C9H19NO3. The number of aliphatic carboxylic acids is 1. The van der Waals surface area contributed by atoms with Crippen molar-refractivity contribution in [2.24, 2.45) is 0 Å². The highest BCUT2D eigenvalue weighted by Gasteiger charge is 2.15. The first-order chi connectivity index (χ1) is 5.97. The Morgan fingerprint density at radius 1 is 1.46 bits per heavy atom. The van der Waals surface area contributed by atoms with Gasteiger partial charge in [-0.25, -0.2) is 0 Å². The molecule has 0 bridgehead atoms. The predicted octanol–water partition coefficient (Wildman–Crippen LogP) is 0.552. The van der Waals surface area contributed by atoms with Crippen LogP contribution in [0.2, 0.25) is 0 Å². The second kappa shape index (κ2) is 5.94. The Balaban J connectivity index is 3.86. The summed E-state index contributed by atoms with van der Waals surface area (Å²) in [5.41, 5.74) is 0. The third-order valence-corrected chi connectivity index (χ3v) is 1.99. The van der Waals surface area contributed by atoms with Crippen LogP contribution in [0.15, 0.2) is 0 Å². The SMILES string of the molecule is CCN(CC(O)CC(=O)O)C(C)C. The van der Waals surface area contributed by atoms with Crippen LogP contribution in [0.3, 0.4) is 0 Å². The maximum absolute atomic E-state index is 10.3. The number of hydrogen-bond acceptors (Lipinski definition) is 3. The highest BCUT2D eigenvalue weighted by Crippen LogP contribution is 2.01. The third-order valence-electron chi connectivity index (χ3n) is 1.99. The average Bonchev–Trinajstić information content (AvgIpc) is 1.98. The molecule has 78 valence electrons. The minimum Gasteiger partial charge on any atom is -0.481 e. The summed E-state index contributed by atoms with van der Waals surface area (Å²) >= 11 is 0. The fraction of sp³-hybridized carbons (Fsp3) is 0.889. The monoisotopic (exact) mass is 189 g/mol. The number of aliphatic hydroxyl groups excluding tert-OH is 1. The van der Waals surface area contributed by atoms with Crippen LogP contribution in [-0.4, -0.2) is 46.3 Å². The van der Waals surface area contributed by atoms with Gasteiger partial charge in [0, 0.05) is 12.6 Å². The molecule has 0 saturated heterocycles. The van der Waals surface area contributed by atoms with Gasteiger partial charge >= 0.3 is 5.97 Å². The number of nitrogens with zero attached hydrogens (tertiary/aromatic N) is 1. The Kier molecular flexibility index (Phi) is 5.66. The highest BCUT2D eigenvalue weighted by atomic mass is 16.4. The van der Waals surface area contributed by atoms with Gasteiger partial charge < -0.3 is 10.2 Å². The summed E-state index contributed by atoms with van der Waals surface area (Å²) in [6.45, 7) is 7.30. The lowest BCUT2D eigenvalue weighted by atomic mass is 10.2. The lowest BCUT2D eigenvalue weighted by Gasteiger charge is -2.26. The minimum absolute atomic E-state index is 0.177. The molecule has 4 heteroatoms. The van der Waals surface area contributed by atoms with Crippen molar-refractivity contribution < 1.29 is 15.0 Å². The third kappa shape index (κ3) is 5.60. The molecule has 0 aliphatic heterocycles. The zero-order valence-corrected chi connectivity index (χ0v) is 8.53. The molecule has 1 unspecified atom stereocenters. The number of carbonyl (C=O) groups is 1. The summed E-state index contributed by atoms with van der Waals surface area (Å²) in [6.07, 6.45) is -0.941. The standard InChI is InChI=1S/C9H19NO3/c1-4-10(7(2)3)6-8(11)5-9(12)13/h7-8,11H,4-6H2,1-3H3,(H,12,13). The highest BCUT2D eigenvalue weighted by molar-refractivity contribution is 5.67. The first-order valence-electron chi connectivity index (χ1n) is 4.61. The Bertz CT molecular complexity index is 159. The molecule has 13 heavy (non-hydrogen) atoms. The lowest BCUT2D eigenvalue weighted by Crippen LogP contribution is -2.38. The van der Waals surface area contributed by atoms with E-state index < -0.39 is 12.1 Å². The van der Waals surface area contributed by atoms with Crippen molar-refractivity contribution in [2.45, 2.75) is 39.3 Å². The molecule has 2 N–H and O–H groups in total. The van der Waals surface area contributed by atoms with E-state index in [0.29, 0.717) is 12.6 Å². The van der Waals surface area contributed by atoms with Crippen molar-refractivity contribution >= 4 is 5.97 Å². The van der Waals surface area contributed by atoms with Gasteiger partial charge in [-0.05, 0) is 20.4 Å². The fourth-order valence-electron chi connectivity index (χ4n) is 1.24. The molecule has 0 aromatic heterocycles. The van der Waals surface area contributed by atoms with Gasteiger partial charge in [0.05, 0.1) is 12.5 Å². The molecule has 4 nitrogen and oxygen atoms in total. The van der Waals surface area contributed by atoms with Crippen LogP contribution in [0.25, 0.3) is 0 Å². The Morgan fingerprint density at radius 3 is 2.31 bits per heavy atom. The molecule has 1 atom stereocenters. The molecule has 0 rings (SSSR count). The summed E-state index contributed by atoms with van der Waals surface area (Å²) in [5.74, 6) is -0.952. The largest absolute Gasteiger partial charge is 0.481 e. The zero-order chi connectivity index (χ0) is 10.4. The first kappa shape index (κ1) is 12.4. The molecule has 0 aromatic carbocycles. The first-order valence-corrected chi connectivity index (χ1v) is 4.61. The van der Waals surface area contributed by atoms with E-state index in [-0.39, 0.29) is 6.42 Å². The molecule has 0 aromatic rings. The van der Waals surface area contributed by atoms with E-state index in [2.05, 4.69) is 0 Å². The normalized spacial score (nSPS) is 13.7. The van der Waals surface area contributed by atoms with Crippen LogP contribution >= 0.6 is 0 Å². The number of hydrogen-bond donors (Lipinski definition) is 2. The van der Waals surface area contributed by atoms with Crippen molar-refractivity contribution in [1.29, 1.82) is 0 Å². The smallest absolute Gasteiger partial charge is 0.306 e. The van der Waals surface area contributed by atoms with Gasteiger partial charge in [-0.15, -0.1) is 0 Å². The van der Waals surface area contributed by atoms with Crippen LogP contribution in [-0.2, 0) is 4.79 Å². The number of carboxylic acid groups (broad SMARTS) is 1. The number of likely N-dealkylation sites (N-methyl/N-ethyl adjacent to an activating group) is 1. The molecule has 0 spiro atoms. The molecule has 0 fully saturated rings. The van der Waals surface area contributed by atoms with E-state index in [1.54, 1.807) is 0 Å². The quantitative estimate of drug-likeness (QED) is 0.640. The average molecular weight is 189 g/mol. The van der Waals surface area contributed by atoms with E-state index in [0.717, 1.165) is 6.54 Å². The molecule has 0 radical (unpaired) electrons. The predicted molar refractivity (Wildman–Crippen MR) is 50.6 cm³/mol. The van der Waals surface area contributed by atoms with Gasteiger partial charge in [0.2, 0.25) is 0 Å². The molecular weight excluding hydrogens is 170 g/mol. The molecule has 0 heterocycles. The minimum atomic E-state index is -0.952. The maximum Gasteiger partial charge on any atom is 0.306 e. The van der Waals surface area contributed by atoms with Crippen LogP contribution in [0.4, 0.5) is 0 Å². The number of carboxylic acids is 1. The van der Waals surface area contributed by atoms with Crippen LogP contribution in [0.1, 0.15) is 27.2 Å². The van der Waals surface area contributed by atoms with E-state index in [1.165, 1.54) is 0 Å². The second-order valence-electron chi connectivity index (χ2n) is 3.43. The molecule has 0 aliphatic carbocycles. The van der Waals surface area contributed by atoms with E-state index >= 15 is 0 Å². The van der Waals surface area contributed by atoms with Gasteiger partial charge in [0.15, 0.2) is 0 Å². The molecule has 0 aliphatic rings. The van der Waals surface area contributed by atoms with Crippen LogP contribution < -0.4 is 0 Å². The Hall–Kier alpha value is -0.610. The number of rotatable bonds is 6. The van der Waals surface area contributed by atoms with Gasteiger partial charge in [-0.2, -0.15) is 0 Å². The summed E-state index contributed by atoms with van der Waals surface area (Å²) in [5, 5.41) is 17.8. The summed E-state index contributed by atoms with van der Waals surface area (Å²) in [7, 11) is 0. The van der Waals surface area contributed by atoms with Crippen molar-refractivity contribution in [3.8, 4) is 0 Å². The summed E-state index contributed by atoms with van der Waals surface area (Å²) < 4.78 is 0. The Labute approximate surface area is 79.2 Å². The van der Waals surface area contributed by atoms with Gasteiger partial charge in [-0.3, -0.25) is 9.69 Å². The van der Waals surface area contributed by atoms with Crippen molar-refractivity contribution in [3.05, 3.63) is 0 Å². The van der Waals surface area contributed by atoms with E-state index in [9.17, 15) is 9.90 Å². The van der Waals surface area contributed by atoms with Gasteiger partial charge in [0.25, 0.3) is 0 Å². The maximum atomic E-state index is 10.3. The Morgan fingerprint density at radius 2 is 2.00 bits per heavy atom.